The summed E-state index contributed by atoms with van der Waals surface area (Å²) in [5.41, 5.74) is 0.359. The second-order valence-corrected chi connectivity index (χ2v) is 6.49. The van der Waals surface area contributed by atoms with Crippen molar-refractivity contribution in [2.24, 2.45) is 5.16 Å². The Balaban J connectivity index is 2.21. The lowest BCUT2D eigenvalue weighted by molar-refractivity contribution is 0.159. The zero-order valence-electron chi connectivity index (χ0n) is 14.6. The number of benzene rings is 2. The highest BCUT2D eigenvalue weighted by atomic mass is 35.5. The van der Waals surface area contributed by atoms with Gasteiger partial charge in [-0.15, -0.1) is 0 Å². The molecule has 0 radical (unpaired) electrons. The molecule has 0 fully saturated rings. The number of pyridine rings is 1. The minimum absolute atomic E-state index is 0.0188. The molecule has 0 aliphatic heterocycles. The average molecular weight is 423 g/mol. The van der Waals surface area contributed by atoms with Gasteiger partial charge in [0.1, 0.15) is 24.0 Å². The second-order valence-electron chi connectivity index (χ2n) is 5.68. The Hall–Kier alpha value is -2.70. The standard InChI is InChI=1S/C20H14Cl2F2N2O2/c1-2-28-25-19(14-8-7-13(23)10-17(14)24)12-6-9-18(27)26(11-12)20-15(21)4-3-5-16(20)22/h3-11H,2H2,1H3. The van der Waals surface area contributed by atoms with Gasteiger partial charge < -0.3 is 4.84 Å². The Morgan fingerprint density at radius 1 is 1.11 bits per heavy atom. The maximum Gasteiger partial charge on any atom is 0.255 e. The first kappa shape index (κ1) is 20.0. The minimum Gasteiger partial charge on any atom is -0.396 e. The molecule has 8 heteroatoms. The lowest BCUT2D eigenvalue weighted by Crippen LogP contribution is -2.20. The maximum absolute atomic E-state index is 14.4. The van der Waals surface area contributed by atoms with Crippen LogP contribution in [0.2, 0.25) is 10.0 Å². The zero-order valence-corrected chi connectivity index (χ0v) is 16.1. The van der Waals surface area contributed by atoms with Gasteiger partial charge in [-0.25, -0.2) is 8.78 Å². The molecular weight excluding hydrogens is 409 g/mol. The van der Waals surface area contributed by atoms with Gasteiger partial charge in [0.05, 0.1) is 15.7 Å². The van der Waals surface area contributed by atoms with Gasteiger partial charge in [-0.3, -0.25) is 9.36 Å². The van der Waals surface area contributed by atoms with E-state index in [1.165, 1.54) is 29.0 Å². The van der Waals surface area contributed by atoms with Crippen molar-refractivity contribution in [2.75, 3.05) is 6.61 Å². The number of aromatic nitrogens is 1. The summed E-state index contributed by atoms with van der Waals surface area (Å²) in [5.74, 6) is -1.53. The summed E-state index contributed by atoms with van der Waals surface area (Å²) >= 11 is 12.4. The number of hydrogen-bond acceptors (Lipinski definition) is 3. The van der Waals surface area contributed by atoms with E-state index < -0.39 is 17.2 Å². The Kier molecular flexibility index (Phi) is 6.11. The molecule has 144 valence electrons. The van der Waals surface area contributed by atoms with Gasteiger partial charge in [0.2, 0.25) is 0 Å². The van der Waals surface area contributed by atoms with Gasteiger partial charge in [0.15, 0.2) is 0 Å². The molecule has 0 atom stereocenters. The van der Waals surface area contributed by atoms with E-state index in [4.69, 9.17) is 28.0 Å². The van der Waals surface area contributed by atoms with E-state index in [2.05, 4.69) is 5.16 Å². The van der Waals surface area contributed by atoms with Crippen molar-refractivity contribution >= 4 is 28.9 Å². The summed E-state index contributed by atoms with van der Waals surface area (Å²) in [7, 11) is 0. The number of rotatable bonds is 5. The van der Waals surface area contributed by atoms with E-state index >= 15 is 0 Å². The molecule has 0 aliphatic carbocycles. The highest BCUT2D eigenvalue weighted by Crippen LogP contribution is 2.27. The second kappa shape index (κ2) is 8.54. The molecule has 0 N–H and O–H groups in total. The van der Waals surface area contributed by atoms with Gasteiger partial charge in [-0.2, -0.15) is 0 Å². The van der Waals surface area contributed by atoms with Crippen LogP contribution in [0.1, 0.15) is 18.1 Å². The maximum atomic E-state index is 14.4. The number of oxime groups is 1. The van der Waals surface area contributed by atoms with Crippen molar-refractivity contribution in [2.45, 2.75) is 6.92 Å². The first-order valence-corrected chi connectivity index (χ1v) is 9.00. The Labute approximate surface area is 169 Å². The highest BCUT2D eigenvalue weighted by molar-refractivity contribution is 6.37. The number of halogens is 4. The van der Waals surface area contributed by atoms with Crippen molar-refractivity contribution < 1.29 is 13.6 Å². The molecule has 0 saturated carbocycles. The molecule has 3 rings (SSSR count). The number of nitrogens with zero attached hydrogens (tertiary/aromatic N) is 2. The van der Waals surface area contributed by atoms with Crippen LogP contribution < -0.4 is 5.56 Å². The molecule has 0 unspecified atom stereocenters. The summed E-state index contributed by atoms with van der Waals surface area (Å²) in [5, 5.41) is 4.49. The third-order valence-corrected chi connectivity index (χ3v) is 4.44. The fourth-order valence-corrected chi connectivity index (χ4v) is 3.17. The minimum atomic E-state index is -0.813. The molecule has 1 aromatic heterocycles. The third-order valence-electron chi connectivity index (χ3n) is 3.83. The molecule has 2 aromatic carbocycles. The van der Waals surface area contributed by atoms with Crippen LogP contribution >= 0.6 is 23.2 Å². The van der Waals surface area contributed by atoms with Crippen LogP contribution in [0.4, 0.5) is 8.78 Å². The van der Waals surface area contributed by atoms with Crippen molar-refractivity contribution in [1.29, 1.82) is 0 Å². The highest BCUT2D eigenvalue weighted by Gasteiger charge is 2.17. The van der Waals surface area contributed by atoms with Gasteiger partial charge >= 0.3 is 0 Å². The lowest BCUT2D eigenvalue weighted by atomic mass is 10.0. The van der Waals surface area contributed by atoms with Crippen molar-refractivity contribution in [3.63, 3.8) is 0 Å². The van der Waals surface area contributed by atoms with Crippen LogP contribution in [0.25, 0.3) is 5.69 Å². The lowest BCUT2D eigenvalue weighted by Gasteiger charge is -2.13. The smallest absolute Gasteiger partial charge is 0.255 e. The molecule has 0 amide bonds. The Morgan fingerprint density at radius 2 is 1.82 bits per heavy atom. The van der Waals surface area contributed by atoms with E-state index in [0.717, 1.165) is 12.1 Å². The van der Waals surface area contributed by atoms with E-state index in [1.54, 1.807) is 25.1 Å². The molecule has 1 heterocycles. The van der Waals surface area contributed by atoms with Gasteiger partial charge in [0.25, 0.3) is 5.56 Å². The van der Waals surface area contributed by atoms with E-state index in [9.17, 15) is 13.6 Å². The molecule has 0 bridgehead atoms. The van der Waals surface area contributed by atoms with Crippen molar-refractivity contribution in [3.05, 3.63) is 97.9 Å². The molecule has 0 spiro atoms. The summed E-state index contributed by atoms with van der Waals surface area (Å²) in [6.07, 6.45) is 1.43. The van der Waals surface area contributed by atoms with Crippen molar-refractivity contribution in [3.8, 4) is 5.69 Å². The molecular formula is C20H14Cl2F2N2O2. The fraction of sp³-hybridized carbons (Fsp3) is 0.100. The van der Waals surface area contributed by atoms with Crippen LogP contribution in [0, 0.1) is 11.6 Å². The van der Waals surface area contributed by atoms with E-state index in [0.29, 0.717) is 5.56 Å². The van der Waals surface area contributed by atoms with Crippen LogP contribution in [-0.2, 0) is 4.84 Å². The summed E-state index contributed by atoms with van der Waals surface area (Å²) in [4.78, 5) is 17.5. The van der Waals surface area contributed by atoms with Crippen LogP contribution in [0.3, 0.4) is 0 Å². The molecule has 4 nitrogen and oxygen atoms in total. The number of hydrogen-bond donors (Lipinski definition) is 0. The van der Waals surface area contributed by atoms with Gasteiger partial charge in [-0.05, 0) is 37.3 Å². The molecule has 28 heavy (non-hydrogen) atoms. The van der Waals surface area contributed by atoms with Crippen LogP contribution in [-0.4, -0.2) is 16.9 Å². The zero-order chi connectivity index (χ0) is 20.3. The topological polar surface area (TPSA) is 43.6 Å². The summed E-state index contributed by atoms with van der Waals surface area (Å²) in [6, 6.07) is 10.7. The molecule has 0 aliphatic rings. The number of para-hydroxylation sites is 1. The van der Waals surface area contributed by atoms with Crippen LogP contribution in [0.15, 0.2) is 64.7 Å². The monoisotopic (exact) mass is 422 g/mol. The Bertz CT molecular complexity index is 1090. The first-order chi connectivity index (χ1) is 13.4. The molecule has 3 aromatic rings. The third kappa shape index (κ3) is 4.08. The van der Waals surface area contributed by atoms with Gasteiger partial charge in [0, 0.05) is 29.5 Å². The van der Waals surface area contributed by atoms with Gasteiger partial charge in [-0.1, -0.05) is 34.4 Å². The predicted octanol–water partition coefficient (Wildman–Crippen LogP) is 5.21. The van der Waals surface area contributed by atoms with E-state index in [1.807, 2.05) is 0 Å². The van der Waals surface area contributed by atoms with Crippen molar-refractivity contribution in [1.82, 2.24) is 4.57 Å². The average Bonchev–Trinajstić information content (AvgIpc) is 2.65. The quantitative estimate of drug-likeness (QED) is 0.418. The van der Waals surface area contributed by atoms with E-state index in [-0.39, 0.29) is 33.6 Å². The first-order valence-electron chi connectivity index (χ1n) is 8.25. The molecule has 0 saturated heterocycles. The summed E-state index contributed by atoms with van der Waals surface area (Å²) in [6.45, 7) is 1.95. The predicted molar refractivity (Wildman–Crippen MR) is 106 cm³/mol. The Morgan fingerprint density at radius 3 is 2.46 bits per heavy atom. The fourth-order valence-electron chi connectivity index (χ4n) is 2.59. The van der Waals surface area contributed by atoms with Crippen LogP contribution in [0.5, 0.6) is 0 Å². The summed E-state index contributed by atoms with van der Waals surface area (Å²) < 4.78 is 28.9. The SMILES string of the molecule is CCON=C(c1ccc(=O)n(-c2c(Cl)cccc2Cl)c1)c1ccc(F)cc1F. The normalized spacial score (nSPS) is 11.5. The largest absolute Gasteiger partial charge is 0.396 e.